The minimum Gasteiger partial charge on any atom is -0.330 e. The first-order valence-corrected chi connectivity index (χ1v) is 9.69. The normalized spacial score (nSPS) is 12.7. The Balaban J connectivity index is 2.02. The third-order valence-electron chi connectivity index (χ3n) is 5.08. The molecule has 1 aromatic carbocycles. The van der Waals surface area contributed by atoms with Crippen molar-refractivity contribution in [2.45, 2.75) is 19.8 Å². The molecule has 4 rings (SSSR count). The maximum atomic E-state index is 13.1. The molecule has 27 heavy (non-hydrogen) atoms. The fourth-order valence-electron chi connectivity index (χ4n) is 3.69. The number of thiophene rings is 1. The van der Waals surface area contributed by atoms with Crippen LogP contribution in [0.15, 0.2) is 40.5 Å². The molecule has 3 N–H and O–H groups in total. The number of pyridine rings is 2. The van der Waals surface area contributed by atoms with Crippen molar-refractivity contribution in [3.05, 3.63) is 63.0 Å². The fraction of sp³-hybridized carbons (Fsp3) is 0.238. The topological polar surface area (TPSA) is 71.8 Å². The lowest BCUT2D eigenvalue weighted by atomic mass is 9.93. The van der Waals surface area contributed by atoms with Gasteiger partial charge >= 0.3 is 0 Å². The molecule has 0 saturated carbocycles. The minimum absolute atomic E-state index is 0.0868. The van der Waals surface area contributed by atoms with Crippen LogP contribution in [0.1, 0.15) is 22.9 Å². The fourth-order valence-corrected chi connectivity index (χ4v) is 4.48. The second-order valence-corrected chi connectivity index (χ2v) is 7.65. The Morgan fingerprint density at radius 3 is 2.59 bits per heavy atom. The van der Waals surface area contributed by atoms with Gasteiger partial charge in [0, 0.05) is 34.5 Å². The van der Waals surface area contributed by atoms with Gasteiger partial charge in [0.2, 0.25) is 0 Å². The summed E-state index contributed by atoms with van der Waals surface area (Å²) in [4.78, 5) is 20.1. The summed E-state index contributed by atoms with van der Waals surface area (Å²) < 4.78 is 13.9. The van der Waals surface area contributed by atoms with E-state index in [9.17, 15) is 9.18 Å². The molecule has 0 saturated heterocycles. The van der Waals surface area contributed by atoms with Crippen molar-refractivity contribution in [1.29, 1.82) is 0 Å². The summed E-state index contributed by atoms with van der Waals surface area (Å²) in [5, 5.41) is 3.88. The number of aromatic nitrogens is 2. The van der Waals surface area contributed by atoms with Gasteiger partial charge in [-0.25, -0.2) is 0 Å². The van der Waals surface area contributed by atoms with Gasteiger partial charge in [-0.15, -0.1) is 11.3 Å². The van der Waals surface area contributed by atoms with Crippen LogP contribution in [-0.2, 0) is 0 Å². The average Bonchev–Trinajstić information content (AvgIpc) is 3.15. The quantitative estimate of drug-likeness (QED) is 0.549. The van der Waals surface area contributed by atoms with Crippen molar-refractivity contribution in [3.63, 3.8) is 0 Å². The highest BCUT2D eigenvalue weighted by molar-refractivity contribution is 7.17. The highest BCUT2D eigenvalue weighted by Crippen LogP contribution is 2.36. The second-order valence-electron chi connectivity index (χ2n) is 6.73. The minimum atomic E-state index is -0.472. The summed E-state index contributed by atoms with van der Waals surface area (Å²) in [6.45, 7) is 3.69. The van der Waals surface area contributed by atoms with Crippen LogP contribution in [0.5, 0.6) is 0 Å². The summed E-state index contributed by atoms with van der Waals surface area (Å²) in [5.74, 6) is -0.284. The largest absolute Gasteiger partial charge is 0.330 e. The third-order valence-corrected chi connectivity index (χ3v) is 5.99. The molecule has 0 aliphatic heterocycles. The number of halogens is 1. The number of aromatic amines is 1. The number of rotatable bonds is 4. The molecule has 4 aromatic rings. The van der Waals surface area contributed by atoms with E-state index in [0.29, 0.717) is 4.70 Å². The summed E-state index contributed by atoms with van der Waals surface area (Å²) in [6, 6.07) is 9.80. The number of H-pyrrole nitrogens is 1. The van der Waals surface area contributed by atoms with Crippen LogP contribution >= 0.6 is 11.3 Å². The van der Waals surface area contributed by atoms with E-state index in [0.717, 1.165) is 44.4 Å². The van der Waals surface area contributed by atoms with Crippen LogP contribution in [0.3, 0.4) is 0 Å². The molecule has 0 aliphatic rings. The zero-order chi connectivity index (χ0) is 19.1. The molecule has 0 radical (unpaired) electrons. The first-order valence-electron chi connectivity index (χ1n) is 8.82. The predicted octanol–water partition coefficient (Wildman–Crippen LogP) is 4.43. The SMILES string of the molecule is Cc1nc(C)c2[nH]c(=O)c3sccc3c2c1-c1ccc(C(CN)CF)cc1. The van der Waals surface area contributed by atoms with Gasteiger partial charge in [0.05, 0.1) is 17.9 Å². The lowest BCUT2D eigenvalue weighted by molar-refractivity contribution is 0.434. The van der Waals surface area contributed by atoms with E-state index in [1.54, 1.807) is 0 Å². The molecule has 0 bridgehead atoms. The highest BCUT2D eigenvalue weighted by atomic mass is 32.1. The lowest BCUT2D eigenvalue weighted by Gasteiger charge is -2.15. The van der Waals surface area contributed by atoms with Crippen LogP contribution in [0.2, 0.25) is 0 Å². The van der Waals surface area contributed by atoms with Crippen molar-refractivity contribution in [1.82, 2.24) is 9.97 Å². The van der Waals surface area contributed by atoms with Crippen molar-refractivity contribution in [3.8, 4) is 11.1 Å². The number of hydrogen-bond acceptors (Lipinski definition) is 4. The van der Waals surface area contributed by atoms with Crippen molar-refractivity contribution in [2.24, 2.45) is 5.73 Å². The van der Waals surface area contributed by atoms with Gasteiger partial charge in [-0.05, 0) is 36.4 Å². The zero-order valence-electron chi connectivity index (χ0n) is 15.2. The summed E-state index contributed by atoms with van der Waals surface area (Å²) >= 11 is 1.44. The second kappa shape index (κ2) is 6.87. The first kappa shape index (κ1) is 17.8. The van der Waals surface area contributed by atoms with Gasteiger partial charge in [-0.2, -0.15) is 0 Å². The Morgan fingerprint density at radius 2 is 1.93 bits per heavy atom. The Labute approximate surface area is 159 Å². The number of aryl methyl sites for hydroxylation is 2. The van der Waals surface area contributed by atoms with Crippen LogP contribution in [0.25, 0.3) is 32.1 Å². The smallest absolute Gasteiger partial charge is 0.266 e. The zero-order valence-corrected chi connectivity index (χ0v) is 16.0. The molecule has 4 nitrogen and oxygen atoms in total. The number of nitrogens with two attached hydrogens (primary N) is 1. The Bertz CT molecular complexity index is 1190. The van der Waals surface area contributed by atoms with E-state index >= 15 is 0 Å². The third kappa shape index (κ3) is 2.85. The van der Waals surface area contributed by atoms with E-state index in [4.69, 9.17) is 5.73 Å². The number of benzene rings is 1. The molecule has 1 unspecified atom stereocenters. The summed E-state index contributed by atoms with van der Waals surface area (Å²) in [6.07, 6.45) is 0. The molecule has 3 aromatic heterocycles. The first-order chi connectivity index (χ1) is 13.0. The van der Waals surface area contributed by atoms with Crippen molar-refractivity contribution in [2.75, 3.05) is 13.2 Å². The Kier molecular flexibility index (Phi) is 4.53. The molecule has 138 valence electrons. The van der Waals surface area contributed by atoms with Crippen LogP contribution in [0, 0.1) is 13.8 Å². The van der Waals surface area contributed by atoms with E-state index < -0.39 is 6.67 Å². The Morgan fingerprint density at radius 1 is 1.19 bits per heavy atom. The van der Waals surface area contributed by atoms with Crippen LogP contribution in [0.4, 0.5) is 4.39 Å². The van der Waals surface area contributed by atoms with Gasteiger partial charge in [-0.1, -0.05) is 24.3 Å². The molecule has 6 heteroatoms. The predicted molar refractivity (Wildman–Crippen MR) is 110 cm³/mol. The Hall–Kier alpha value is -2.57. The van der Waals surface area contributed by atoms with E-state index in [1.807, 2.05) is 49.6 Å². The number of fused-ring (bicyclic) bond motifs is 3. The van der Waals surface area contributed by atoms with Gasteiger partial charge < -0.3 is 10.7 Å². The molecule has 3 heterocycles. The number of nitrogens with one attached hydrogen (secondary N) is 1. The van der Waals surface area contributed by atoms with Gasteiger partial charge in [0.25, 0.3) is 5.56 Å². The number of alkyl halides is 1. The van der Waals surface area contributed by atoms with Gasteiger partial charge in [-0.3, -0.25) is 14.2 Å². The molecule has 0 amide bonds. The summed E-state index contributed by atoms with van der Waals surface area (Å²) in [5.41, 5.74) is 10.9. The van der Waals surface area contributed by atoms with Crippen LogP contribution < -0.4 is 11.3 Å². The van der Waals surface area contributed by atoms with Gasteiger partial charge in [0.15, 0.2) is 0 Å². The van der Waals surface area contributed by atoms with E-state index in [2.05, 4.69) is 9.97 Å². The van der Waals surface area contributed by atoms with Gasteiger partial charge in [0.1, 0.15) is 4.70 Å². The van der Waals surface area contributed by atoms with Crippen molar-refractivity contribution < 1.29 is 4.39 Å². The molecular formula is C21H20FN3OS. The van der Waals surface area contributed by atoms with E-state index in [1.165, 1.54) is 11.3 Å². The average molecular weight is 381 g/mol. The standard InChI is InChI=1S/C21H20FN3OS/c1-11-17(14-5-3-13(4-6-14)15(9-22)10-23)18-16-7-8-27-20(16)21(26)25-19(18)12(2)24-11/h3-8,15H,9-10,23H2,1-2H3,(H,25,26). The maximum absolute atomic E-state index is 13.1. The number of hydrogen-bond donors (Lipinski definition) is 2. The monoisotopic (exact) mass is 381 g/mol. The molecular weight excluding hydrogens is 361 g/mol. The molecule has 0 aliphatic carbocycles. The lowest BCUT2D eigenvalue weighted by Crippen LogP contribution is -2.14. The molecule has 0 fully saturated rings. The molecule has 1 atom stereocenters. The molecule has 0 spiro atoms. The number of nitrogens with zero attached hydrogens (tertiary/aromatic N) is 1. The maximum Gasteiger partial charge on any atom is 0.266 e. The van der Waals surface area contributed by atoms with E-state index in [-0.39, 0.29) is 18.0 Å². The summed E-state index contributed by atoms with van der Waals surface area (Å²) in [7, 11) is 0. The van der Waals surface area contributed by atoms with Crippen LogP contribution in [-0.4, -0.2) is 23.2 Å². The highest BCUT2D eigenvalue weighted by Gasteiger charge is 2.17. The van der Waals surface area contributed by atoms with Crippen molar-refractivity contribution >= 4 is 32.3 Å².